The first kappa shape index (κ1) is 13.3. The van der Waals surface area contributed by atoms with E-state index in [4.69, 9.17) is 0 Å². The second-order valence-electron chi connectivity index (χ2n) is 3.18. The van der Waals surface area contributed by atoms with E-state index in [2.05, 4.69) is 4.74 Å². The van der Waals surface area contributed by atoms with Crippen molar-refractivity contribution >= 4 is 28.6 Å². The van der Waals surface area contributed by atoms with Gasteiger partial charge in [-0.3, -0.25) is 4.79 Å². The molecule has 0 N–H and O–H groups in total. The lowest BCUT2D eigenvalue weighted by Gasteiger charge is -2.10. The van der Waals surface area contributed by atoms with Gasteiger partial charge in [0.25, 0.3) is 6.43 Å². The van der Waals surface area contributed by atoms with E-state index in [1.165, 1.54) is 13.2 Å². The van der Waals surface area contributed by atoms with Gasteiger partial charge in [0.1, 0.15) is 0 Å². The number of halogens is 3. The number of ether oxygens (including phenoxy) is 1. The number of carbonyl (C=O) groups is 1. The van der Waals surface area contributed by atoms with Gasteiger partial charge in [-0.05, 0) is 40.6 Å². The lowest BCUT2D eigenvalue weighted by Crippen LogP contribution is -2.05. The van der Waals surface area contributed by atoms with E-state index < -0.39 is 6.43 Å². The van der Waals surface area contributed by atoms with Gasteiger partial charge in [0.15, 0.2) is 0 Å². The summed E-state index contributed by atoms with van der Waals surface area (Å²) in [6.45, 7) is 0. The van der Waals surface area contributed by atoms with Crippen LogP contribution in [-0.4, -0.2) is 13.1 Å². The fraction of sp³-hybridized carbons (Fsp3) is 0.364. The van der Waals surface area contributed by atoms with Crippen molar-refractivity contribution in [1.29, 1.82) is 0 Å². The Labute approximate surface area is 106 Å². The maximum Gasteiger partial charge on any atom is 0.305 e. The molecule has 0 saturated heterocycles. The summed E-state index contributed by atoms with van der Waals surface area (Å²) in [7, 11) is 1.28. The first-order chi connectivity index (χ1) is 7.56. The Balaban J connectivity index is 2.88. The summed E-state index contributed by atoms with van der Waals surface area (Å²) in [5, 5.41) is 0. The molecule has 0 aliphatic heterocycles. The number of hydrogen-bond acceptors (Lipinski definition) is 2. The fourth-order valence-electron chi connectivity index (χ4n) is 1.37. The summed E-state index contributed by atoms with van der Waals surface area (Å²) in [6.07, 6.45) is -2.11. The van der Waals surface area contributed by atoms with Crippen LogP contribution in [0.5, 0.6) is 0 Å². The molecule has 0 fully saturated rings. The van der Waals surface area contributed by atoms with Crippen molar-refractivity contribution in [3.63, 3.8) is 0 Å². The molecule has 0 spiro atoms. The molecule has 0 saturated carbocycles. The van der Waals surface area contributed by atoms with E-state index in [1.54, 1.807) is 12.1 Å². The quantitative estimate of drug-likeness (QED) is 0.621. The number of carbonyl (C=O) groups excluding carboxylic acids is 1. The standard InChI is InChI=1S/C11H11F2IO2/c1-16-10(15)6-5-7-8(11(12)13)3-2-4-9(7)14/h2-4,11H,5-6H2,1H3. The lowest BCUT2D eigenvalue weighted by molar-refractivity contribution is -0.140. The van der Waals surface area contributed by atoms with E-state index in [-0.39, 0.29) is 24.4 Å². The summed E-state index contributed by atoms with van der Waals surface area (Å²) in [6, 6.07) is 4.73. The van der Waals surface area contributed by atoms with Crippen LogP contribution in [-0.2, 0) is 16.0 Å². The molecule has 0 aliphatic carbocycles. The van der Waals surface area contributed by atoms with E-state index in [1.807, 2.05) is 22.6 Å². The van der Waals surface area contributed by atoms with Crippen LogP contribution in [0.4, 0.5) is 8.78 Å². The molecule has 0 aromatic heterocycles. The van der Waals surface area contributed by atoms with Gasteiger partial charge in [-0.25, -0.2) is 8.78 Å². The number of hydrogen-bond donors (Lipinski definition) is 0. The first-order valence-corrected chi connectivity index (χ1v) is 5.76. The van der Waals surface area contributed by atoms with Crippen molar-refractivity contribution in [2.45, 2.75) is 19.3 Å². The monoisotopic (exact) mass is 340 g/mol. The van der Waals surface area contributed by atoms with Crippen LogP contribution in [0, 0.1) is 3.57 Å². The van der Waals surface area contributed by atoms with Crippen LogP contribution in [0.1, 0.15) is 24.0 Å². The highest BCUT2D eigenvalue weighted by atomic mass is 127. The number of alkyl halides is 2. The first-order valence-electron chi connectivity index (χ1n) is 4.68. The molecule has 0 aliphatic rings. The van der Waals surface area contributed by atoms with Crippen LogP contribution in [0.15, 0.2) is 18.2 Å². The lowest BCUT2D eigenvalue weighted by atomic mass is 10.0. The predicted molar refractivity (Wildman–Crippen MR) is 64.5 cm³/mol. The van der Waals surface area contributed by atoms with Crippen LogP contribution < -0.4 is 0 Å². The predicted octanol–water partition coefficient (Wildman–Crippen LogP) is 3.33. The molecule has 16 heavy (non-hydrogen) atoms. The summed E-state index contributed by atoms with van der Waals surface area (Å²) in [5.41, 5.74) is 0.527. The van der Waals surface area contributed by atoms with Crippen molar-refractivity contribution in [2.75, 3.05) is 7.11 Å². The maximum atomic E-state index is 12.7. The summed E-state index contributed by atoms with van der Waals surface area (Å²) in [4.78, 5) is 11.0. The molecular formula is C11H11F2IO2. The largest absolute Gasteiger partial charge is 0.469 e. The molecule has 0 heterocycles. The van der Waals surface area contributed by atoms with Gasteiger partial charge in [0, 0.05) is 15.6 Å². The Morgan fingerprint density at radius 3 is 2.75 bits per heavy atom. The zero-order valence-electron chi connectivity index (χ0n) is 8.67. The van der Waals surface area contributed by atoms with Gasteiger partial charge in [0.05, 0.1) is 7.11 Å². The molecule has 1 aromatic carbocycles. The third-order valence-electron chi connectivity index (χ3n) is 2.20. The second-order valence-corrected chi connectivity index (χ2v) is 4.35. The molecule has 88 valence electrons. The summed E-state index contributed by atoms with van der Waals surface area (Å²) in [5.74, 6) is -0.389. The molecule has 0 amide bonds. The third kappa shape index (κ3) is 3.40. The zero-order valence-corrected chi connectivity index (χ0v) is 10.8. The average molecular weight is 340 g/mol. The Bertz CT molecular complexity index is 380. The number of rotatable bonds is 4. The van der Waals surface area contributed by atoms with Crippen molar-refractivity contribution < 1.29 is 18.3 Å². The van der Waals surface area contributed by atoms with Crippen LogP contribution in [0.3, 0.4) is 0 Å². The normalized spacial score (nSPS) is 10.6. The second kappa shape index (κ2) is 6.12. The zero-order chi connectivity index (χ0) is 12.1. The maximum absolute atomic E-state index is 12.7. The molecule has 0 atom stereocenters. The molecule has 0 bridgehead atoms. The summed E-state index contributed by atoms with van der Waals surface area (Å²) < 4.78 is 30.6. The van der Waals surface area contributed by atoms with E-state index in [0.29, 0.717) is 5.56 Å². The highest BCUT2D eigenvalue weighted by Crippen LogP contribution is 2.27. The van der Waals surface area contributed by atoms with E-state index >= 15 is 0 Å². The van der Waals surface area contributed by atoms with Gasteiger partial charge in [0.2, 0.25) is 0 Å². The molecule has 0 radical (unpaired) electrons. The van der Waals surface area contributed by atoms with Crippen molar-refractivity contribution in [1.82, 2.24) is 0 Å². The molecule has 0 unspecified atom stereocenters. The summed E-state index contributed by atoms with van der Waals surface area (Å²) >= 11 is 1.99. The van der Waals surface area contributed by atoms with E-state index in [9.17, 15) is 13.6 Å². The minimum absolute atomic E-state index is 0.00389. The molecule has 2 nitrogen and oxygen atoms in total. The molecule has 1 aromatic rings. The molecular weight excluding hydrogens is 329 g/mol. The van der Waals surface area contributed by atoms with Gasteiger partial charge in [-0.1, -0.05) is 12.1 Å². The number of benzene rings is 1. The molecule has 1 rings (SSSR count). The Morgan fingerprint density at radius 2 is 2.19 bits per heavy atom. The highest BCUT2D eigenvalue weighted by Gasteiger charge is 2.15. The van der Waals surface area contributed by atoms with Gasteiger partial charge >= 0.3 is 5.97 Å². The minimum atomic E-state index is -2.51. The van der Waals surface area contributed by atoms with Gasteiger partial charge in [-0.15, -0.1) is 0 Å². The minimum Gasteiger partial charge on any atom is -0.469 e. The average Bonchev–Trinajstić information content (AvgIpc) is 2.26. The SMILES string of the molecule is COC(=O)CCc1c(I)cccc1C(F)F. The Morgan fingerprint density at radius 1 is 1.50 bits per heavy atom. The van der Waals surface area contributed by atoms with E-state index in [0.717, 1.165) is 3.57 Å². The Kier molecular flexibility index (Phi) is 5.11. The van der Waals surface area contributed by atoms with Gasteiger partial charge in [-0.2, -0.15) is 0 Å². The van der Waals surface area contributed by atoms with Crippen LogP contribution in [0.2, 0.25) is 0 Å². The number of methoxy groups -OCH3 is 1. The fourth-order valence-corrected chi connectivity index (χ4v) is 2.16. The highest BCUT2D eigenvalue weighted by molar-refractivity contribution is 14.1. The third-order valence-corrected chi connectivity index (χ3v) is 3.21. The Hall–Kier alpha value is -0.720. The van der Waals surface area contributed by atoms with Crippen molar-refractivity contribution in [3.05, 3.63) is 32.9 Å². The molecule has 5 heteroatoms. The van der Waals surface area contributed by atoms with Crippen molar-refractivity contribution in [3.8, 4) is 0 Å². The topological polar surface area (TPSA) is 26.3 Å². The van der Waals surface area contributed by atoms with Crippen LogP contribution in [0.25, 0.3) is 0 Å². The smallest absolute Gasteiger partial charge is 0.305 e. The van der Waals surface area contributed by atoms with Gasteiger partial charge < -0.3 is 4.74 Å². The van der Waals surface area contributed by atoms with Crippen LogP contribution >= 0.6 is 22.6 Å². The number of esters is 1. The van der Waals surface area contributed by atoms with Crippen molar-refractivity contribution in [2.24, 2.45) is 0 Å².